The number of amides is 1. The molecule has 1 atom stereocenters. The highest BCUT2D eigenvalue weighted by molar-refractivity contribution is 7.92. The fourth-order valence-electron chi connectivity index (χ4n) is 3.14. The largest absolute Gasteiger partial charge is 0.354 e. The Kier molecular flexibility index (Phi) is 8.05. The van der Waals surface area contributed by atoms with E-state index in [1.54, 1.807) is 6.07 Å². The molecule has 0 fully saturated rings. The van der Waals surface area contributed by atoms with Crippen molar-refractivity contribution in [1.82, 2.24) is 5.32 Å². The number of hydrogen-bond donors (Lipinski definition) is 1. The maximum absolute atomic E-state index is 12.2. The Hall–Kier alpha value is -2.34. The van der Waals surface area contributed by atoms with Gasteiger partial charge in [-0.25, -0.2) is 8.42 Å². The smallest absolute Gasteiger partial charge is 0.232 e. The minimum Gasteiger partial charge on any atom is -0.354 e. The van der Waals surface area contributed by atoms with Crippen LogP contribution in [-0.4, -0.2) is 33.2 Å². The van der Waals surface area contributed by atoms with Gasteiger partial charge in [-0.15, -0.1) is 0 Å². The van der Waals surface area contributed by atoms with E-state index in [0.29, 0.717) is 18.5 Å². The van der Waals surface area contributed by atoms with Crippen molar-refractivity contribution in [3.05, 3.63) is 65.7 Å². The van der Waals surface area contributed by atoms with E-state index < -0.39 is 10.0 Å². The molecule has 5 nitrogen and oxygen atoms in total. The van der Waals surface area contributed by atoms with Crippen LogP contribution in [0.15, 0.2) is 54.6 Å². The Morgan fingerprint density at radius 2 is 1.71 bits per heavy atom. The number of para-hydroxylation sites is 1. The topological polar surface area (TPSA) is 66.5 Å². The van der Waals surface area contributed by atoms with Crippen molar-refractivity contribution in [1.29, 1.82) is 0 Å². The van der Waals surface area contributed by atoms with Crippen LogP contribution in [0, 0.1) is 6.92 Å². The van der Waals surface area contributed by atoms with Gasteiger partial charge in [0.1, 0.15) is 0 Å². The molecule has 2 aromatic carbocycles. The highest BCUT2D eigenvalue weighted by Gasteiger charge is 2.19. The SMILES string of the molecule is Cc1ccccc1N(CCCC(=O)N[C@H](C)CCc1ccccc1)S(C)(=O)=O. The van der Waals surface area contributed by atoms with Gasteiger partial charge in [0.15, 0.2) is 0 Å². The summed E-state index contributed by atoms with van der Waals surface area (Å²) in [6.45, 7) is 4.17. The standard InChI is InChI=1S/C22H30N2O3S/c1-18-10-7-8-13-21(18)24(28(3,26)27)17-9-14-22(25)23-19(2)15-16-20-11-5-4-6-12-20/h4-8,10-13,19H,9,14-17H2,1-3H3,(H,23,25)/t19-/m1/s1. The molecule has 0 bridgehead atoms. The molecule has 0 aliphatic rings. The number of nitrogens with one attached hydrogen (secondary N) is 1. The molecule has 0 spiro atoms. The number of aryl methyl sites for hydroxylation is 2. The summed E-state index contributed by atoms with van der Waals surface area (Å²) in [6.07, 6.45) is 3.75. The molecule has 2 rings (SSSR count). The predicted octanol–water partition coefficient (Wildman–Crippen LogP) is 3.68. The molecule has 0 aliphatic heterocycles. The van der Waals surface area contributed by atoms with Crippen LogP contribution in [0.5, 0.6) is 0 Å². The van der Waals surface area contributed by atoms with E-state index in [2.05, 4.69) is 17.4 Å². The predicted molar refractivity (Wildman–Crippen MR) is 115 cm³/mol. The second kappa shape index (κ2) is 10.3. The zero-order chi connectivity index (χ0) is 20.6. The van der Waals surface area contributed by atoms with Gasteiger partial charge >= 0.3 is 0 Å². The summed E-state index contributed by atoms with van der Waals surface area (Å²) in [6, 6.07) is 17.6. The lowest BCUT2D eigenvalue weighted by Crippen LogP contribution is -2.35. The number of anilines is 1. The Balaban J connectivity index is 1.81. The van der Waals surface area contributed by atoms with Crippen molar-refractivity contribution in [3.63, 3.8) is 0 Å². The quantitative estimate of drug-likeness (QED) is 0.659. The zero-order valence-corrected chi connectivity index (χ0v) is 17.7. The third-order valence-electron chi connectivity index (χ3n) is 4.67. The lowest BCUT2D eigenvalue weighted by molar-refractivity contribution is -0.121. The van der Waals surface area contributed by atoms with Crippen molar-refractivity contribution in [3.8, 4) is 0 Å². The van der Waals surface area contributed by atoms with Gasteiger partial charge in [-0.05, 0) is 50.3 Å². The van der Waals surface area contributed by atoms with Gasteiger partial charge in [0.05, 0.1) is 11.9 Å². The molecule has 0 radical (unpaired) electrons. The molecule has 0 aliphatic carbocycles. The summed E-state index contributed by atoms with van der Waals surface area (Å²) in [5.74, 6) is -0.0428. The van der Waals surface area contributed by atoms with E-state index in [9.17, 15) is 13.2 Å². The van der Waals surface area contributed by atoms with Crippen molar-refractivity contribution in [2.75, 3.05) is 17.1 Å². The molecular formula is C22H30N2O3S. The first-order valence-corrected chi connectivity index (χ1v) is 11.5. The maximum atomic E-state index is 12.2. The summed E-state index contributed by atoms with van der Waals surface area (Å²) in [5.41, 5.74) is 2.82. The lowest BCUT2D eigenvalue weighted by Gasteiger charge is -2.24. The van der Waals surface area contributed by atoms with Crippen molar-refractivity contribution in [2.45, 2.75) is 45.6 Å². The number of rotatable bonds is 10. The van der Waals surface area contributed by atoms with Crippen LogP contribution in [0.4, 0.5) is 5.69 Å². The summed E-state index contributed by atoms with van der Waals surface area (Å²) < 4.78 is 25.7. The number of carbonyl (C=O) groups is 1. The lowest BCUT2D eigenvalue weighted by atomic mass is 10.1. The number of carbonyl (C=O) groups excluding carboxylic acids is 1. The van der Waals surface area contributed by atoms with Crippen LogP contribution >= 0.6 is 0 Å². The minimum atomic E-state index is -3.40. The Morgan fingerprint density at radius 1 is 1.07 bits per heavy atom. The number of sulfonamides is 1. The minimum absolute atomic E-state index is 0.0428. The monoisotopic (exact) mass is 402 g/mol. The van der Waals surface area contributed by atoms with Gasteiger partial charge in [-0.1, -0.05) is 48.5 Å². The van der Waals surface area contributed by atoms with E-state index in [0.717, 1.165) is 18.4 Å². The highest BCUT2D eigenvalue weighted by atomic mass is 32.2. The molecule has 1 N–H and O–H groups in total. The fourth-order valence-corrected chi connectivity index (χ4v) is 4.16. The van der Waals surface area contributed by atoms with E-state index in [1.165, 1.54) is 16.1 Å². The molecule has 0 saturated carbocycles. The van der Waals surface area contributed by atoms with Gasteiger partial charge in [-0.2, -0.15) is 0 Å². The summed E-state index contributed by atoms with van der Waals surface area (Å²) in [7, 11) is -3.40. The van der Waals surface area contributed by atoms with E-state index in [-0.39, 0.29) is 18.5 Å². The van der Waals surface area contributed by atoms with Crippen LogP contribution < -0.4 is 9.62 Å². The van der Waals surface area contributed by atoms with Crippen LogP contribution in [-0.2, 0) is 21.2 Å². The average molecular weight is 403 g/mol. The highest BCUT2D eigenvalue weighted by Crippen LogP contribution is 2.22. The Bertz CT molecular complexity index is 866. The summed E-state index contributed by atoms with van der Waals surface area (Å²) >= 11 is 0. The van der Waals surface area contributed by atoms with Gasteiger partial charge < -0.3 is 5.32 Å². The molecule has 0 aromatic heterocycles. The van der Waals surface area contributed by atoms with Crippen molar-refractivity contribution < 1.29 is 13.2 Å². The molecule has 28 heavy (non-hydrogen) atoms. The molecule has 0 heterocycles. The van der Waals surface area contributed by atoms with E-state index >= 15 is 0 Å². The summed E-state index contributed by atoms with van der Waals surface area (Å²) in [5, 5.41) is 3.01. The molecule has 1 amide bonds. The van der Waals surface area contributed by atoms with Crippen LogP contribution in [0.1, 0.15) is 37.3 Å². The van der Waals surface area contributed by atoms with Gasteiger partial charge in [-0.3, -0.25) is 9.10 Å². The molecular weight excluding hydrogens is 372 g/mol. The molecule has 0 unspecified atom stereocenters. The van der Waals surface area contributed by atoms with E-state index in [1.807, 2.05) is 50.2 Å². The van der Waals surface area contributed by atoms with Crippen LogP contribution in [0.2, 0.25) is 0 Å². The number of nitrogens with zero attached hydrogens (tertiary/aromatic N) is 1. The maximum Gasteiger partial charge on any atom is 0.232 e. The number of benzene rings is 2. The normalized spacial score (nSPS) is 12.4. The second-order valence-electron chi connectivity index (χ2n) is 7.22. The Morgan fingerprint density at radius 3 is 2.36 bits per heavy atom. The van der Waals surface area contributed by atoms with E-state index in [4.69, 9.17) is 0 Å². The third-order valence-corrected chi connectivity index (χ3v) is 5.85. The molecule has 152 valence electrons. The first-order chi connectivity index (χ1) is 13.3. The Labute approximate surface area is 168 Å². The second-order valence-corrected chi connectivity index (χ2v) is 9.12. The van der Waals surface area contributed by atoms with Gasteiger partial charge in [0.2, 0.25) is 15.9 Å². The fraction of sp³-hybridized carbons (Fsp3) is 0.409. The van der Waals surface area contributed by atoms with Crippen LogP contribution in [0.25, 0.3) is 0 Å². The van der Waals surface area contributed by atoms with Crippen LogP contribution in [0.3, 0.4) is 0 Å². The average Bonchev–Trinajstić information content (AvgIpc) is 2.64. The first kappa shape index (κ1) is 22.0. The zero-order valence-electron chi connectivity index (χ0n) is 16.9. The molecule has 2 aromatic rings. The number of hydrogen-bond acceptors (Lipinski definition) is 3. The van der Waals surface area contributed by atoms with Gasteiger partial charge in [0.25, 0.3) is 0 Å². The first-order valence-electron chi connectivity index (χ1n) is 9.64. The van der Waals surface area contributed by atoms with Crippen molar-refractivity contribution >= 4 is 21.6 Å². The molecule has 0 saturated heterocycles. The van der Waals surface area contributed by atoms with Gasteiger partial charge in [0, 0.05) is 19.0 Å². The summed E-state index contributed by atoms with van der Waals surface area (Å²) in [4.78, 5) is 12.2. The third kappa shape index (κ3) is 7.00. The molecule has 6 heteroatoms. The van der Waals surface area contributed by atoms with Crippen molar-refractivity contribution in [2.24, 2.45) is 0 Å².